The molecule has 1 aliphatic rings. The molecule has 0 radical (unpaired) electrons. The summed E-state index contributed by atoms with van der Waals surface area (Å²) in [7, 11) is 0. The van der Waals surface area contributed by atoms with Crippen LogP contribution in [0.3, 0.4) is 0 Å². The van der Waals surface area contributed by atoms with Crippen LogP contribution in [0.25, 0.3) is 0 Å². The van der Waals surface area contributed by atoms with Crippen molar-refractivity contribution in [3.63, 3.8) is 0 Å². The molecule has 0 saturated heterocycles. The lowest BCUT2D eigenvalue weighted by atomic mass is 10.2. The number of ether oxygens (including phenoxy) is 2. The van der Waals surface area contributed by atoms with Gasteiger partial charge in [0.05, 0.1) is 6.42 Å². The smallest absolute Gasteiger partial charge is 0.304 e. The van der Waals surface area contributed by atoms with Crippen molar-refractivity contribution >= 4 is 17.7 Å². The molecule has 1 aromatic carbocycles. The van der Waals surface area contributed by atoms with E-state index in [0.717, 1.165) is 22.0 Å². The minimum absolute atomic E-state index is 0.165. The average Bonchev–Trinajstić information content (AvgIpc) is 2.29. The number of thioether (sulfide) groups is 1. The molecule has 2 rings (SSSR count). The second-order valence-corrected chi connectivity index (χ2v) is 4.89. The molecule has 0 fully saturated rings. The summed E-state index contributed by atoms with van der Waals surface area (Å²) in [6, 6.07) is 3.87. The minimum Gasteiger partial charge on any atom is -0.486 e. The van der Waals surface area contributed by atoms with E-state index in [0.29, 0.717) is 19.0 Å². The molecule has 0 amide bonds. The van der Waals surface area contributed by atoms with E-state index in [1.165, 1.54) is 11.8 Å². The maximum Gasteiger partial charge on any atom is 0.304 e. The molecule has 1 aliphatic heterocycles. The first-order valence-electron chi connectivity index (χ1n) is 5.41. The predicted octanol–water partition coefficient (Wildman–Crippen LogP) is 2.33. The second kappa shape index (κ2) is 5.31. The largest absolute Gasteiger partial charge is 0.486 e. The fourth-order valence-electron chi connectivity index (χ4n) is 1.58. The van der Waals surface area contributed by atoms with Crippen molar-refractivity contribution in [3.05, 3.63) is 17.7 Å². The zero-order valence-electron chi connectivity index (χ0n) is 9.56. The fourth-order valence-corrected chi connectivity index (χ4v) is 2.55. The van der Waals surface area contributed by atoms with E-state index in [2.05, 4.69) is 0 Å². The van der Waals surface area contributed by atoms with E-state index < -0.39 is 5.97 Å². The normalized spacial score (nSPS) is 13.5. The molecule has 0 aliphatic carbocycles. The summed E-state index contributed by atoms with van der Waals surface area (Å²) in [4.78, 5) is 11.5. The molecule has 4 nitrogen and oxygen atoms in total. The SMILES string of the molecule is Cc1cc2c(cc1SCCC(=O)O)OCCO2. The number of benzene rings is 1. The van der Waals surface area contributed by atoms with Crippen LogP contribution < -0.4 is 9.47 Å². The van der Waals surface area contributed by atoms with E-state index >= 15 is 0 Å². The van der Waals surface area contributed by atoms with Crippen molar-refractivity contribution in [3.8, 4) is 11.5 Å². The Morgan fingerprint density at radius 1 is 1.35 bits per heavy atom. The van der Waals surface area contributed by atoms with E-state index in [1.54, 1.807) is 0 Å². The molecular weight excluding hydrogens is 240 g/mol. The summed E-state index contributed by atoms with van der Waals surface area (Å²) in [5, 5.41) is 8.59. The molecule has 1 aromatic rings. The molecule has 92 valence electrons. The van der Waals surface area contributed by atoms with Crippen LogP contribution in [-0.4, -0.2) is 30.0 Å². The highest BCUT2D eigenvalue weighted by molar-refractivity contribution is 7.99. The lowest BCUT2D eigenvalue weighted by Crippen LogP contribution is -2.15. The first kappa shape index (κ1) is 12.1. The summed E-state index contributed by atoms with van der Waals surface area (Å²) in [6.07, 6.45) is 0.165. The number of carboxylic acids is 1. The van der Waals surface area contributed by atoms with E-state index in [4.69, 9.17) is 14.6 Å². The summed E-state index contributed by atoms with van der Waals surface area (Å²) < 4.78 is 11.0. The monoisotopic (exact) mass is 254 g/mol. The molecule has 0 spiro atoms. The van der Waals surface area contributed by atoms with Gasteiger partial charge in [-0.15, -0.1) is 11.8 Å². The predicted molar refractivity (Wildman–Crippen MR) is 65.1 cm³/mol. The van der Waals surface area contributed by atoms with Crippen LogP contribution in [0.4, 0.5) is 0 Å². The highest BCUT2D eigenvalue weighted by atomic mass is 32.2. The van der Waals surface area contributed by atoms with Gasteiger partial charge in [-0.25, -0.2) is 0 Å². The fraction of sp³-hybridized carbons (Fsp3) is 0.417. The van der Waals surface area contributed by atoms with Gasteiger partial charge in [-0.1, -0.05) is 0 Å². The van der Waals surface area contributed by atoms with Gasteiger partial charge in [0.15, 0.2) is 11.5 Å². The number of carboxylic acid groups (broad SMARTS) is 1. The first-order chi connectivity index (χ1) is 8.16. The molecule has 0 atom stereocenters. The van der Waals surface area contributed by atoms with E-state index in [9.17, 15) is 4.79 Å². The lowest BCUT2D eigenvalue weighted by molar-refractivity contribution is -0.136. The lowest BCUT2D eigenvalue weighted by Gasteiger charge is -2.20. The third-order valence-electron chi connectivity index (χ3n) is 2.41. The van der Waals surface area contributed by atoms with Gasteiger partial charge in [0, 0.05) is 10.6 Å². The Morgan fingerprint density at radius 2 is 2.00 bits per heavy atom. The number of hydrogen-bond donors (Lipinski definition) is 1. The second-order valence-electron chi connectivity index (χ2n) is 3.75. The molecule has 1 N–H and O–H groups in total. The van der Waals surface area contributed by atoms with Crippen molar-refractivity contribution in [2.24, 2.45) is 0 Å². The van der Waals surface area contributed by atoms with E-state index in [1.807, 2.05) is 19.1 Å². The van der Waals surface area contributed by atoms with Crippen LogP contribution in [0.1, 0.15) is 12.0 Å². The van der Waals surface area contributed by atoms with Crippen molar-refractivity contribution in [1.82, 2.24) is 0 Å². The quantitative estimate of drug-likeness (QED) is 0.836. The van der Waals surface area contributed by atoms with Crippen LogP contribution in [0.5, 0.6) is 11.5 Å². The van der Waals surface area contributed by atoms with E-state index in [-0.39, 0.29) is 6.42 Å². The van der Waals surface area contributed by atoms with Gasteiger partial charge < -0.3 is 14.6 Å². The summed E-state index contributed by atoms with van der Waals surface area (Å²) in [5.41, 5.74) is 1.09. The summed E-state index contributed by atoms with van der Waals surface area (Å²) in [6.45, 7) is 3.13. The molecule has 5 heteroatoms. The highest BCUT2D eigenvalue weighted by Gasteiger charge is 2.14. The molecular formula is C12H14O4S. The van der Waals surface area contributed by atoms with Gasteiger partial charge >= 0.3 is 5.97 Å². The zero-order valence-corrected chi connectivity index (χ0v) is 10.4. The Bertz CT molecular complexity index is 431. The zero-order chi connectivity index (χ0) is 12.3. The summed E-state index contributed by atoms with van der Waals surface area (Å²) >= 11 is 1.53. The van der Waals surface area contributed by atoms with Crippen LogP contribution >= 0.6 is 11.8 Å². The Hall–Kier alpha value is -1.36. The third kappa shape index (κ3) is 3.06. The maximum atomic E-state index is 10.4. The molecule has 0 unspecified atom stereocenters. The van der Waals surface area contributed by atoms with Gasteiger partial charge in [-0.05, 0) is 24.6 Å². The van der Waals surface area contributed by atoms with Gasteiger partial charge in [-0.2, -0.15) is 0 Å². The molecule has 0 saturated carbocycles. The average molecular weight is 254 g/mol. The molecule has 0 bridgehead atoms. The first-order valence-corrected chi connectivity index (χ1v) is 6.40. The van der Waals surface area contributed by atoms with Crippen LogP contribution in [0.15, 0.2) is 17.0 Å². The topological polar surface area (TPSA) is 55.8 Å². The Kier molecular flexibility index (Phi) is 3.78. The summed E-state index contributed by atoms with van der Waals surface area (Å²) in [5.74, 6) is 1.32. The molecule has 0 aromatic heterocycles. The van der Waals surface area contributed by atoms with Crippen molar-refractivity contribution in [2.45, 2.75) is 18.2 Å². The Balaban J connectivity index is 2.09. The van der Waals surface area contributed by atoms with Crippen LogP contribution in [0.2, 0.25) is 0 Å². The van der Waals surface area contributed by atoms with Gasteiger partial charge in [-0.3, -0.25) is 4.79 Å². The number of fused-ring (bicyclic) bond motifs is 1. The number of aryl methyl sites for hydroxylation is 1. The standard InChI is InChI=1S/C12H14O4S/c1-8-6-9-10(16-4-3-15-9)7-11(8)17-5-2-12(13)14/h6-7H,2-5H2,1H3,(H,13,14). The maximum absolute atomic E-state index is 10.4. The number of carbonyl (C=O) groups is 1. The van der Waals surface area contributed by atoms with Crippen molar-refractivity contribution in [1.29, 1.82) is 0 Å². The highest BCUT2D eigenvalue weighted by Crippen LogP contribution is 2.36. The van der Waals surface area contributed by atoms with Crippen LogP contribution in [0, 0.1) is 6.92 Å². The van der Waals surface area contributed by atoms with Gasteiger partial charge in [0.2, 0.25) is 0 Å². The van der Waals surface area contributed by atoms with Crippen molar-refractivity contribution < 1.29 is 19.4 Å². The minimum atomic E-state index is -0.771. The van der Waals surface area contributed by atoms with Crippen LogP contribution in [-0.2, 0) is 4.79 Å². The van der Waals surface area contributed by atoms with Crippen molar-refractivity contribution in [2.75, 3.05) is 19.0 Å². The number of rotatable bonds is 4. The number of hydrogen-bond acceptors (Lipinski definition) is 4. The number of aliphatic carboxylic acids is 1. The third-order valence-corrected chi connectivity index (χ3v) is 3.57. The van der Waals surface area contributed by atoms with Gasteiger partial charge in [0.25, 0.3) is 0 Å². The molecule has 17 heavy (non-hydrogen) atoms. The Morgan fingerprint density at radius 3 is 2.65 bits per heavy atom. The Labute approximate surface area is 104 Å². The van der Waals surface area contributed by atoms with Gasteiger partial charge in [0.1, 0.15) is 13.2 Å². The molecule has 1 heterocycles.